The predicted octanol–water partition coefficient (Wildman–Crippen LogP) is 3.49. The van der Waals surface area contributed by atoms with Crippen molar-refractivity contribution in [1.29, 1.82) is 0 Å². The van der Waals surface area contributed by atoms with Crippen molar-refractivity contribution in [3.05, 3.63) is 46.6 Å². The maximum atomic E-state index is 13.4. The molecule has 2 heterocycles. The van der Waals surface area contributed by atoms with Crippen LogP contribution in [-0.2, 0) is 12.8 Å². The number of aromatic amines is 1. The van der Waals surface area contributed by atoms with Gasteiger partial charge in [-0.25, -0.2) is 0 Å². The number of amides is 1. The Hall–Kier alpha value is -2.34. The summed E-state index contributed by atoms with van der Waals surface area (Å²) in [6.45, 7) is 0. The monoisotopic (exact) mass is 353 g/mol. The number of phenols is 1. The molecule has 2 aliphatic carbocycles. The van der Waals surface area contributed by atoms with E-state index in [1.165, 1.54) is 22.6 Å². The Labute approximate surface area is 149 Å². The first-order valence-corrected chi connectivity index (χ1v) is 9.62. The van der Waals surface area contributed by atoms with Crippen molar-refractivity contribution in [2.24, 2.45) is 0 Å². The molecule has 1 amide bonds. The molecule has 1 aromatic carbocycles. The second kappa shape index (κ2) is 5.59. The van der Waals surface area contributed by atoms with E-state index < -0.39 is 0 Å². The maximum Gasteiger partial charge on any atom is 0.255 e. The molecule has 0 radical (unpaired) electrons. The van der Waals surface area contributed by atoms with Crippen LogP contribution in [0.4, 0.5) is 0 Å². The topological polar surface area (TPSA) is 69.2 Å². The van der Waals surface area contributed by atoms with E-state index in [4.69, 9.17) is 0 Å². The number of fused-ring (bicyclic) bond motifs is 2. The van der Waals surface area contributed by atoms with Gasteiger partial charge in [-0.1, -0.05) is 0 Å². The molecule has 0 bridgehead atoms. The van der Waals surface area contributed by atoms with E-state index in [0.717, 1.165) is 47.8 Å². The van der Waals surface area contributed by atoms with Crippen molar-refractivity contribution in [1.82, 2.24) is 15.1 Å². The fourth-order valence-electron chi connectivity index (χ4n) is 3.94. The molecule has 0 spiro atoms. The van der Waals surface area contributed by atoms with Crippen LogP contribution in [0.5, 0.6) is 5.75 Å². The minimum absolute atomic E-state index is 0.136. The van der Waals surface area contributed by atoms with Gasteiger partial charge in [-0.3, -0.25) is 9.89 Å². The van der Waals surface area contributed by atoms with Crippen LogP contribution in [0.1, 0.15) is 40.9 Å². The number of aromatic hydroxyl groups is 1. The van der Waals surface area contributed by atoms with E-state index in [0.29, 0.717) is 6.04 Å². The minimum atomic E-state index is 0.136. The molecule has 2 aromatic heterocycles. The molecule has 128 valence electrons. The largest absolute Gasteiger partial charge is 0.508 e. The Balaban J connectivity index is 1.49. The average molecular weight is 353 g/mol. The van der Waals surface area contributed by atoms with Gasteiger partial charge in [0.1, 0.15) is 5.75 Å². The Morgan fingerprint density at radius 3 is 3.00 bits per heavy atom. The van der Waals surface area contributed by atoms with Crippen LogP contribution in [-0.4, -0.2) is 38.2 Å². The molecule has 0 saturated heterocycles. The summed E-state index contributed by atoms with van der Waals surface area (Å²) in [5.74, 6) is 0.378. The van der Waals surface area contributed by atoms with E-state index in [9.17, 15) is 9.90 Å². The van der Waals surface area contributed by atoms with Gasteiger partial charge in [0.2, 0.25) is 0 Å². The van der Waals surface area contributed by atoms with Crippen LogP contribution in [0, 0.1) is 0 Å². The Morgan fingerprint density at radius 2 is 2.16 bits per heavy atom. The third kappa shape index (κ3) is 2.52. The standard InChI is InChI=1S/C19H19N3O2S/c23-14-4-5-15-16(10-25-18(15)8-14)19(24)22(12-1-2-12)13-3-6-17-11(7-13)9-20-21-17/h4-5,8-10,12-13,23H,1-3,6-7H2,(H,20,21). The molecule has 3 aromatic rings. The van der Waals surface area contributed by atoms with Gasteiger partial charge in [-0.15, -0.1) is 11.3 Å². The lowest BCUT2D eigenvalue weighted by Crippen LogP contribution is -2.44. The smallest absolute Gasteiger partial charge is 0.255 e. The molecule has 0 aliphatic heterocycles. The number of phenolic OH excluding ortho intramolecular Hbond substituents is 1. The maximum absolute atomic E-state index is 13.4. The summed E-state index contributed by atoms with van der Waals surface area (Å²) in [5, 5.41) is 19.8. The van der Waals surface area contributed by atoms with E-state index >= 15 is 0 Å². The highest BCUT2D eigenvalue weighted by molar-refractivity contribution is 7.17. The zero-order valence-corrected chi connectivity index (χ0v) is 14.6. The van der Waals surface area contributed by atoms with Crippen LogP contribution in [0.15, 0.2) is 29.8 Å². The van der Waals surface area contributed by atoms with Gasteiger partial charge in [0.25, 0.3) is 5.91 Å². The van der Waals surface area contributed by atoms with Gasteiger partial charge in [0.05, 0.1) is 11.8 Å². The van der Waals surface area contributed by atoms with E-state index in [1.807, 2.05) is 17.6 Å². The molecule has 5 rings (SSSR count). The number of carbonyl (C=O) groups is 1. The van der Waals surface area contributed by atoms with Crippen molar-refractivity contribution in [3.63, 3.8) is 0 Å². The zero-order valence-electron chi connectivity index (χ0n) is 13.7. The number of hydrogen-bond acceptors (Lipinski definition) is 4. The number of H-pyrrole nitrogens is 1. The lowest BCUT2D eigenvalue weighted by molar-refractivity contribution is 0.0645. The number of carbonyl (C=O) groups excluding carboxylic acids is 1. The van der Waals surface area contributed by atoms with Gasteiger partial charge in [0, 0.05) is 33.2 Å². The summed E-state index contributed by atoms with van der Waals surface area (Å²) in [6, 6.07) is 5.87. The first-order chi connectivity index (χ1) is 12.2. The first kappa shape index (κ1) is 15.0. The number of benzene rings is 1. The van der Waals surface area contributed by atoms with Crippen molar-refractivity contribution in [2.45, 2.75) is 44.2 Å². The lowest BCUT2D eigenvalue weighted by Gasteiger charge is -2.34. The van der Waals surface area contributed by atoms with Gasteiger partial charge in [0.15, 0.2) is 0 Å². The van der Waals surface area contributed by atoms with Crippen molar-refractivity contribution in [3.8, 4) is 5.75 Å². The highest BCUT2D eigenvalue weighted by atomic mass is 32.1. The molecule has 6 heteroatoms. The van der Waals surface area contributed by atoms with Crippen LogP contribution in [0.3, 0.4) is 0 Å². The molecule has 2 N–H and O–H groups in total. The Bertz CT molecular complexity index is 957. The van der Waals surface area contributed by atoms with Gasteiger partial charge in [-0.2, -0.15) is 5.10 Å². The number of nitrogens with one attached hydrogen (secondary N) is 1. The fraction of sp³-hybridized carbons (Fsp3) is 0.368. The summed E-state index contributed by atoms with van der Waals surface area (Å²) in [7, 11) is 0. The Kier molecular flexibility index (Phi) is 3.35. The van der Waals surface area contributed by atoms with Crippen LogP contribution in [0.2, 0.25) is 0 Å². The highest BCUT2D eigenvalue weighted by Gasteiger charge is 2.39. The Morgan fingerprint density at radius 1 is 1.28 bits per heavy atom. The van der Waals surface area contributed by atoms with Crippen molar-refractivity contribution in [2.75, 3.05) is 0 Å². The zero-order chi connectivity index (χ0) is 17.0. The predicted molar refractivity (Wildman–Crippen MR) is 97.1 cm³/mol. The normalized spacial score (nSPS) is 19.8. The number of aromatic nitrogens is 2. The minimum Gasteiger partial charge on any atom is -0.508 e. The van der Waals surface area contributed by atoms with Crippen LogP contribution in [0.25, 0.3) is 10.1 Å². The van der Waals surface area contributed by atoms with Gasteiger partial charge < -0.3 is 10.0 Å². The molecule has 1 unspecified atom stereocenters. The third-order valence-electron chi connectivity index (χ3n) is 5.35. The fourth-order valence-corrected chi connectivity index (χ4v) is 4.90. The SMILES string of the molecule is O=C(c1csc2cc(O)ccc12)N(C1CC1)C1CCc2[nH]ncc2C1. The van der Waals surface area contributed by atoms with Crippen molar-refractivity contribution >= 4 is 27.3 Å². The number of thiophene rings is 1. The van der Waals surface area contributed by atoms with E-state index in [2.05, 4.69) is 15.1 Å². The second-order valence-electron chi connectivity index (χ2n) is 7.04. The van der Waals surface area contributed by atoms with E-state index in [-0.39, 0.29) is 17.7 Å². The second-order valence-corrected chi connectivity index (χ2v) is 7.96. The summed E-state index contributed by atoms with van der Waals surface area (Å²) in [6.07, 6.45) is 6.93. The summed E-state index contributed by atoms with van der Waals surface area (Å²) in [4.78, 5) is 15.5. The molecule has 1 fully saturated rings. The number of rotatable bonds is 3. The molecule has 2 aliphatic rings. The summed E-state index contributed by atoms with van der Waals surface area (Å²) < 4.78 is 0.958. The van der Waals surface area contributed by atoms with Gasteiger partial charge in [-0.05, 0) is 55.9 Å². The first-order valence-electron chi connectivity index (χ1n) is 8.74. The van der Waals surface area contributed by atoms with E-state index in [1.54, 1.807) is 12.1 Å². The van der Waals surface area contributed by atoms with Crippen molar-refractivity contribution < 1.29 is 9.90 Å². The number of hydrogen-bond donors (Lipinski definition) is 2. The summed E-state index contributed by atoms with van der Waals surface area (Å²) in [5.41, 5.74) is 3.23. The number of nitrogens with zero attached hydrogens (tertiary/aromatic N) is 2. The molecule has 25 heavy (non-hydrogen) atoms. The molecular weight excluding hydrogens is 334 g/mol. The number of aryl methyl sites for hydroxylation is 1. The summed E-state index contributed by atoms with van der Waals surface area (Å²) >= 11 is 1.52. The molecule has 1 saturated carbocycles. The molecule has 5 nitrogen and oxygen atoms in total. The molecular formula is C19H19N3O2S. The van der Waals surface area contributed by atoms with Crippen LogP contribution >= 0.6 is 11.3 Å². The highest BCUT2D eigenvalue weighted by Crippen LogP contribution is 2.37. The third-order valence-corrected chi connectivity index (χ3v) is 6.29. The molecule has 1 atom stereocenters. The van der Waals surface area contributed by atoms with Crippen LogP contribution < -0.4 is 0 Å². The average Bonchev–Trinajstić information content (AvgIpc) is 3.18. The lowest BCUT2D eigenvalue weighted by atomic mass is 9.91. The quantitative estimate of drug-likeness (QED) is 0.757. The van der Waals surface area contributed by atoms with Gasteiger partial charge >= 0.3 is 0 Å².